The van der Waals surface area contributed by atoms with Gasteiger partial charge in [-0.3, -0.25) is 9.36 Å². The van der Waals surface area contributed by atoms with Crippen molar-refractivity contribution in [2.45, 2.75) is 76.3 Å². The second-order valence-corrected chi connectivity index (χ2v) is 9.05. The van der Waals surface area contributed by atoms with Gasteiger partial charge >= 0.3 is 0 Å². The predicted octanol–water partition coefficient (Wildman–Crippen LogP) is 5.26. The second-order valence-electron chi connectivity index (χ2n) is 8.05. The van der Waals surface area contributed by atoms with Gasteiger partial charge in [0.05, 0.1) is 17.2 Å². The fraction of sp³-hybridized carbons (Fsp3) is 0.571. The summed E-state index contributed by atoms with van der Waals surface area (Å²) >= 11 is 1.50. The highest BCUT2D eigenvalue weighted by Gasteiger charge is 2.22. The first-order valence-electron chi connectivity index (χ1n) is 10.4. The third-order valence-electron chi connectivity index (χ3n) is 6.24. The number of fused-ring (bicyclic) bond motifs is 3. The summed E-state index contributed by atoms with van der Waals surface area (Å²) in [6.45, 7) is 0. The zero-order valence-electron chi connectivity index (χ0n) is 15.6. The number of nitrogens with zero attached hydrogens (tertiary/aromatic N) is 3. The largest absolute Gasteiger partial charge is 0.382 e. The monoisotopic (exact) mass is 382 g/mol. The smallest absolute Gasteiger partial charge is 0.271 e. The molecule has 2 aliphatic carbocycles. The molecule has 0 aliphatic heterocycles. The number of hydrogen-bond acceptors (Lipinski definition) is 5. The Morgan fingerprint density at radius 1 is 1.00 bits per heavy atom. The lowest BCUT2D eigenvalue weighted by molar-refractivity contribution is 0.345. The van der Waals surface area contributed by atoms with Gasteiger partial charge in [-0.1, -0.05) is 38.5 Å². The molecule has 0 radical (unpaired) electrons. The normalized spacial score (nSPS) is 19.7. The van der Waals surface area contributed by atoms with Gasteiger partial charge in [0.2, 0.25) is 0 Å². The molecule has 3 heterocycles. The summed E-state index contributed by atoms with van der Waals surface area (Å²) in [5.41, 5.74) is 2.01. The van der Waals surface area contributed by atoms with Crippen LogP contribution < -0.4 is 10.9 Å². The van der Waals surface area contributed by atoms with Gasteiger partial charge in [0.25, 0.3) is 5.56 Å². The molecule has 0 amide bonds. The van der Waals surface area contributed by atoms with Crippen LogP contribution in [-0.4, -0.2) is 20.6 Å². The quantitative estimate of drug-likeness (QED) is 0.671. The Labute approximate surface area is 162 Å². The molecule has 0 unspecified atom stereocenters. The maximum absolute atomic E-state index is 13.2. The van der Waals surface area contributed by atoms with Gasteiger partial charge in [0.15, 0.2) is 0 Å². The lowest BCUT2D eigenvalue weighted by Gasteiger charge is -2.24. The van der Waals surface area contributed by atoms with Crippen molar-refractivity contribution in [3.05, 3.63) is 28.9 Å². The molecule has 2 saturated carbocycles. The lowest BCUT2D eigenvalue weighted by atomic mass is 9.95. The van der Waals surface area contributed by atoms with Gasteiger partial charge in [-0.25, -0.2) is 9.97 Å². The summed E-state index contributed by atoms with van der Waals surface area (Å²) in [4.78, 5) is 23.4. The Balaban J connectivity index is 1.59. The van der Waals surface area contributed by atoms with Crippen molar-refractivity contribution in [3.8, 4) is 0 Å². The minimum absolute atomic E-state index is 0.110. The zero-order chi connectivity index (χ0) is 18.2. The highest BCUT2D eigenvalue weighted by Crippen LogP contribution is 2.36. The Morgan fingerprint density at radius 3 is 2.52 bits per heavy atom. The van der Waals surface area contributed by atoms with Gasteiger partial charge in [0, 0.05) is 24.0 Å². The third-order valence-corrected chi connectivity index (χ3v) is 7.31. The van der Waals surface area contributed by atoms with Crippen LogP contribution in [-0.2, 0) is 0 Å². The van der Waals surface area contributed by atoms with E-state index in [1.54, 1.807) is 6.33 Å². The van der Waals surface area contributed by atoms with Crippen molar-refractivity contribution >= 4 is 37.5 Å². The molecule has 6 heteroatoms. The van der Waals surface area contributed by atoms with E-state index in [1.165, 1.54) is 62.7 Å². The van der Waals surface area contributed by atoms with Gasteiger partial charge in [-0.2, -0.15) is 0 Å². The first-order chi connectivity index (χ1) is 13.3. The van der Waals surface area contributed by atoms with Crippen LogP contribution in [0.4, 0.5) is 5.69 Å². The van der Waals surface area contributed by atoms with Crippen LogP contribution in [0.25, 0.3) is 20.4 Å². The molecule has 142 valence electrons. The van der Waals surface area contributed by atoms with Crippen LogP contribution in [0.2, 0.25) is 0 Å². The van der Waals surface area contributed by atoms with E-state index in [4.69, 9.17) is 4.98 Å². The third kappa shape index (κ3) is 3.14. The van der Waals surface area contributed by atoms with E-state index in [0.717, 1.165) is 39.0 Å². The van der Waals surface area contributed by atoms with E-state index < -0.39 is 0 Å². The topological polar surface area (TPSA) is 59.8 Å². The molecule has 0 saturated heterocycles. The van der Waals surface area contributed by atoms with Gasteiger partial charge in [0.1, 0.15) is 9.53 Å². The fourth-order valence-corrected chi connectivity index (χ4v) is 5.83. The molecular weight excluding hydrogens is 356 g/mol. The number of hydrogen-bond donors (Lipinski definition) is 1. The number of rotatable bonds is 3. The van der Waals surface area contributed by atoms with Crippen molar-refractivity contribution in [1.82, 2.24) is 14.5 Å². The van der Waals surface area contributed by atoms with Crippen LogP contribution in [0, 0.1) is 0 Å². The maximum Gasteiger partial charge on any atom is 0.271 e. The highest BCUT2D eigenvalue weighted by atomic mass is 32.1. The van der Waals surface area contributed by atoms with Crippen molar-refractivity contribution in [1.29, 1.82) is 0 Å². The van der Waals surface area contributed by atoms with E-state index >= 15 is 0 Å². The summed E-state index contributed by atoms with van der Waals surface area (Å²) in [7, 11) is 0. The summed E-state index contributed by atoms with van der Waals surface area (Å²) in [5, 5.41) is 4.74. The van der Waals surface area contributed by atoms with Crippen LogP contribution in [0.15, 0.2) is 23.4 Å². The number of aromatic nitrogens is 3. The summed E-state index contributed by atoms with van der Waals surface area (Å²) in [6, 6.07) is 2.86. The number of thiophene rings is 1. The average Bonchev–Trinajstić information content (AvgIpc) is 3.10. The van der Waals surface area contributed by atoms with Crippen LogP contribution in [0.1, 0.15) is 70.3 Å². The first kappa shape index (κ1) is 17.2. The van der Waals surface area contributed by atoms with Gasteiger partial charge in [-0.15, -0.1) is 11.3 Å². The predicted molar refractivity (Wildman–Crippen MR) is 112 cm³/mol. The van der Waals surface area contributed by atoms with Gasteiger partial charge in [-0.05, 0) is 31.7 Å². The van der Waals surface area contributed by atoms with Crippen LogP contribution in [0.3, 0.4) is 0 Å². The SMILES string of the molecule is O=c1c2sc3nccc(NC4CCCCC4)c3c2ncn1C1CCCCC1. The number of anilines is 1. The van der Waals surface area contributed by atoms with Crippen LogP contribution in [0.5, 0.6) is 0 Å². The molecule has 0 bridgehead atoms. The minimum Gasteiger partial charge on any atom is -0.382 e. The molecule has 3 aromatic heterocycles. The molecular formula is C21H26N4OS. The molecule has 5 nitrogen and oxygen atoms in total. The zero-order valence-corrected chi connectivity index (χ0v) is 16.4. The van der Waals surface area contributed by atoms with E-state index in [2.05, 4.69) is 10.3 Å². The Kier molecular flexibility index (Phi) is 4.60. The minimum atomic E-state index is 0.110. The number of nitrogens with one attached hydrogen (secondary N) is 1. The molecule has 0 atom stereocenters. The fourth-order valence-electron chi connectivity index (χ4n) is 4.77. The second kappa shape index (κ2) is 7.23. The van der Waals surface area contributed by atoms with Crippen molar-refractivity contribution in [3.63, 3.8) is 0 Å². The van der Waals surface area contributed by atoms with Crippen molar-refractivity contribution < 1.29 is 0 Å². The lowest BCUT2D eigenvalue weighted by Crippen LogP contribution is -2.26. The highest BCUT2D eigenvalue weighted by molar-refractivity contribution is 7.25. The molecule has 2 fully saturated rings. The Bertz CT molecular complexity index is 1010. The average molecular weight is 383 g/mol. The summed E-state index contributed by atoms with van der Waals surface area (Å²) < 4.78 is 2.63. The standard InChI is InChI=1S/C21H26N4OS/c26-21-19-18(23-13-25(21)15-9-5-2-6-10-15)17-16(11-12-22-20(17)27-19)24-14-7-3-1-4-8-14/h11-15H,1-10H2,(H,22,24). The maximum atomic E-state index is 13.2. The van der Waals surface area contributed by atoms with E-state index in [1.807, 2.05) is 16.8 Å². The molecule has 1 N–H and O–H groups in total. The molecule has 5 rings (SSSR count). The summed E-state index contributed by atoms with van der Waals surface area (Å²) in [5.74, 6) is 0. The first-order valence-corrected chi connectivity index (χ1v) is 11.2. The molecule has 3 aromatic rings. The summed E-state index contributed by atoms with van der Waals surface area (Å²) in [6.07, 6.45) is 15.9. The van der Waals surface area contributed by atoms with Crippen molar-refractivity contribution in [2.24, 2.45) is 0 Å². The molecule has 2 aliphatic rings. The Morgan fingerprint density at radius 2 is 1.74 bits per heavy atom. The van der Waals surface area contributed by atoms with E-state index in [-0.39, 0.29) is 5.56 Å². The van der Waals surface area contributed by atoms with E-state index in [9.17, 15) is 4.79 Å². The molecule has 0 spiro atoms. The van der Waals surface area contributed by atoms with Gasteiger partial charge < -0.3 is 5.32 Å². The molecule has 0 aromatic carbocycles. The van der Waals surface area contributed by atoms with Crippen LogP contribution >= 0.6 is 11.3 Å². The Hall–Kier alpha value is -1.95. The molecule has 27 heavy (non-hydrogen) atoms. The number of pyridine rings is 1. The van der Waals surface area contributed by atoms with E-state index in [0.29, 0.717) is 12.1 Å². The van der Waals surface area contributed by atoms with Crippen molar-refractivity contribution in [2.75, 3.05) is 5.32 Å².